The number of allylic oxidation sites excluding steroid dienone is 2. The summed E-state index contributed by atoms with van der Waals surface area (Å²) in [5, 5.41) is 2.75. The molecule has 34 heavy (non-hydrogen) atoms. The van der Waals surface area contributed by atoms with E-state index in [1.165, 1.54) is 22.6 Å². The van der Waals surface area contributed by atoms with E-state index >= 15 is 0 Å². The molecule has 5 rings (SSSR count). The van der Waals surface area contributed by atoms with Crippen LogP contribution in [0.3, 0.4) is 0 Å². The summed E-state index contributed by atoms with van der Waals surface area (Å²) < 4.78 is 5.19. The lowest BCUT2D eigenvalue weighted by atomic mass is 9.82. The van der Waals surface area contributed by atoms with Crippen LogP contribution in [0.4, 0.5) is 11.4 Å². The Bertz CT molecular complexity index is 1260. The first-order chi connectivity index (χ1) is 16.3. The minimum Gasteiger partial charge on any atom is -0.452 e. The molecule has 1 aliphatic heterocycles. The third-order valence-corrected chi connectivity index (χ3v) is 7.43. The van der Waals surface area contributed by atoms with Crippen molar-refractivity contribution >= 4 is 35.1 Å². The minimum absolute atomic E-state index is 0.111. The first-order valence-electron chi connectivity index (χ1n) is 11.5. The Labute approximate surface area is 197 Å². The SMILES string of the molecule is CC1=C[C@H]2C[C@H]1[C@H]1C(=O)N(c3cccc(C(=O)OCC(=O)Nc4cccc(C)c4C)c3)C(=O)[C@H]12. The molecule has 2 aromatic carbocycles. The highest BCUT2D eigenvalue weighted by atomic mass is 16.5. The molecular weight excluding hydrogens is 432 g/mol. The Morgan fingerprint density at radius 2 is 1.76 bits per heavy atom. The van der Waals surface area contributed by atoms with E-state index in [0.29, 0.717) is 11.4 Å². The number of carbonyl (C=O) groups excluding carboxylic acids is 4. The molecule has 1 saturated heterocycles. The van der Waals surface area contributed by atoms with Crippen molar-refractivity contribution in [3.63, 3.8) is 0 Å². The average molecular weight is 459 g/mol. The van der Waals surface area contributed by atoms with Gasteiger partial charge in [0.1, 0.15) is 0 Å². The van der Waals surface area contributed by atoms with Gasteiger partial charge in [0.2, 0.25) is 11.8 Å². The lowest BCUT2D eigenvalue weighted by Crippen LogP contribution is -2.33. The zero-order chi connectivity index (χ0) is 24.1. The second-order valence-corrected chi connectivity index (χ2v) is 9.40. The van der Waals surface area contributed by atoms with Gasteiger partial charge in [-0.3, -0.25) is 14.4 Å². The van der Waals surface area contributed by atoms with Crippen LogP contribution >= 0.6 is 0 Å². The van der Waals surface area contributed by atoms with E-state index in [2.05, 4.69) is 11.4 Å². The molecule has 2 aliphatic carbocycles. The van der Waals surface area contributed by atoms with Crippen LogP contribution in [-0.2, 0) is 19.1 Å². The van der Waals surface area contributed by atoms with Crippen LogP contribution in [0.25, 0.3) is 0 Å². The number of ether oxygens (including phenoxy) is 1. The van der Waals surface area contributed by atoms with Crippen LogP contribution in [0, 0.1) is 37.5 Å². The van der Waals surface area contributed by atoms with Crippen molar-refractivity contribution in [2.45, 2.75) is 27.2 Å². The topological polar surface area (TPSA) is 92.8 Å². The Balaban J connectivity index is 1.26. The van der Waals surface area contributed by atoms with Gasteiger partial charge in [0.15, 0.2) is 6.61 Å². The summed E-state index contributed by atoms with van der Waals surface area (Å²) in [6.45, 7) is 5.43. The summed E-state index contributed by atoms with van der Waals surface area (Å²) in [7, 11) is 0. The van der Waals surface area contributed by atoms with E-state index in [1.54, 1.807) is 18.2 Å². The minimum atomic E-state index is -0.699. The fourth-order valence-electron chi connectivity index (χ4n) is 5.59. The van der Waals surface area contributed by atoms with Crippen LogP contribution in [0.15, 0.2) is 54.1 Å². The van der Waals surface area contributed by atoms with Gasteiger partial charge < -0.3 is 10.1 Å². The maximum absolute atomic E-state index is 13.2. The van der Waals surface area contributed by atoms with Crippen molar-refractivity contribution in [3.05, 3.63) is 70.8 Å². The van der Waals surface area contributed by atoms with Gasteiger partial charge >= 0.3 is 5.97 Å². The largest absolute Gasteiger partial charge is 0.452 e. The number of amides is 3. The lowest BCUT2D eigenvalue weighted by Gasteiger charge is -2.19. The Morgan fingerprint density at radius 1 is 1.03 bits per heavy atom. The molecule has 2 aromatic rings. The third-order valence-electron chi connectivity index (χ3n) is 7.43. The van der Waals surface area contributed by atoms with Gasteiger partial charge in [0, 0.05) is 5.69 Å². The monoisotopic (exact) mass is 458 g/mol. The van der Waals surface area contributed by atoms with Crippen LogP contribution in [0.5, 0.6) is 0 Å². The zero-order valence-electron chi connectivity index (χ0n) is 19.3. The highest BCUT2D eigenvalue weighted by Crippen LogP contribution is 2.55. The number of imide groups is 1. The normalized spacial score (nSPS) is 24.8. The zero-order valence-corrected chi connectivity index (χ0v) is 19.3. The summed E-state index contributed by atoms with van der Waals surface area (Å²) in [5.41, 5.74) is 4.37. The number of hydrogen-bond donors (Lipinski definition) is 1. The van der Waals surface area contributed by atoms with Crippen molar-refractivity contribution in [2.24, 2.45) is 23.7 Å². The molecule has 3 amide bonds. The number of benzene rings is 2. The van der Waals surface area contributed by atoms with Gasteiger partial charge in [0.05, 0.1) is 23.1 Å². The Morgan fingerprint density at radius 3 is 2.56 bits per heavy atom. The van der Waals surface area contributed by atoms with E-state index < -0.39 is 18.5 Å². The second-order valence-electron chi connectivity index (χ2n) is 9.40. The molecular formula is C27H26N2O5. The van der Waals surface area contributed by atoms with Crippen molar-refractivity contribution < 1.29 is 23.9 Å². The lowest BCUT2D eigenvalue weighted by molar-refractivity contribution is -0.123. The number of anilines is 2. The molecule has 2 fully saturated rings. The molecule has 1 heterocycles. The van der Waals surface area contributed by atoms with E-state index in [9.17, 15) is 19.2 Å². The van der Waals surface area contributed by atoms with E-state index in [-0.39, 0.29) is 41.0 Å². The van der Waals surface area contributed by atoms with Crippen molar-refractivity contribution in [2.75, 3.05) is 16.8 Å². The first-order valence-corrected chi connectivity index (χ1v) is 11.5. The number of esters is 1. The molecule has 0 radical (unpaired) electrons. The highest BCUT2D eigenvalue weighted by molar-refractivity contribution is 6.23. The quantitative estimate of drug-likeness (QED) is 0.418. The van der Waals surface area contributed by atoms with Gasteiger partial charge in [-0.25, -0.2) is 9.69 Å². The number of nitrogens with one attached hydrogen (secondary N) is 1. The van der Waals surface area contributed by atoms with Crippen molar-refractivity contribution in [3.8, 4) is 0 Å². The van der Waals surface area contributed by atoms with Gasteiger partial charge in [-0.05, 0) is 74.4 Å². The van der Waals surface area contributed by atoms with Crippen molar-refractivity contribution in [1.29, 1.82) is 0 Å². The van der Waals surface area contributed by atoms with E-state index in [4.69, 9.17) is 4.74 Å². The molecule has 7 heteroatoms. The van der Waals surface area contributed by atoms with E-state index in [1.807, 2.05) is 32.9 Å². The summed E-state index contributed by atoms with van der Waals surface area (Å²) in [4.78, 5) is 52.4. The molecule has 1 saturated carbocycles. The first kappa shape index (κ1) is 22.1. The summed E-state index contributed by atoms with van der Waals surface area (Å²) in [6.07, 6.45) is 2.99. The standard InChI is InChI=1S/C27H26N2O5/c1-14-6-4-9-21(16(14)3)28-22(30)13-34-27(33)17-7-5-8-19(11-17)29-25(31)23-18-10-15(2)20(12-18)24(23)26(29)32/h4-11,18,20,23-24H,12-13H2,1-3H3,(H,28,30)/t18-,20+,23-,24+/m0/s1. The van der Waals surface area contributed by atoms with Gasteiger partial charge in [-0.1, -0.05) is 29.8 Å². The smallest absolute Gasteiger partial charge is 0.338 e. The number of hydrogen-bond acceptors (Lipinski definition) is 5. The fourth-order valence-corrected chi connectivity index (χ4v) is 5.59. The molecule has 174 valence electrons. The molecule has 0 unspecified atom stereocenters. The van der Waals surface area contributed by atoms with Crippen LogP contribution < -0.4 is 10.2 Å². The maximum Gasteiger partial charge on any atom is 0.338 e. The van der Waals surface area contributed by atoms with Crippen molar-refractivity contribution in [1.82, 2.24) is 0 Å². The predicted molar refractivity (Wildman–Crippen MR) is 126 cm³/mol. The predicted octanol–water partition coefficient (Wildman–Crippen LogP) is 3.80. The molecule has 7 nitrogen and oxygen atoms in total. The summed E-state index contributed by atoms with van der Waals surface area (Å²) >= 11 is 0. The molecule has 0 spiro atoms. The number of carbonyl (C=O) groups is 4. The van der Waals surface area contributed by atoms with Gasteiger partial charge in [-0.15, -0.1) is 0 Å². The van der Waals surface area contributed by atoms with E-state index in [0.717, 1.165) is 17.5 Å². The molecule has 4 atom stereocenters. The van der Waals surface area contributed by atoms with Gasteiger partial charge in [0.25, 0.3) is 5.91 Å². The highest BCUT2D eigenvalue weighted by Gasteiger charge is 2.60. The number of fused-ring (bicyclic) bond motifs is 5. The Hall–Kier alpha value is -3.74. The fraction of sp³-hybridized carbons (Fsp3) is 0.333. The Kier molecular flexibility index (Phi) is 5.35. The molecule has 1 N–H and O–H groups in total. The van der Waals surface area contributed by atoms with Crippen LogP contribution in [0.2, 0.25) is 0 Å². The number of rotatable bonds is 5. The second kappa shape index (κ2) is 8.24. The van der Waals surface area contributed by atoms with Crippen LogP contribution in [-0.4, -0.2) is 30.3 Å². The number of aryl methyl sites for hydroxylation is 1. The average Bonchev–Trinajstić information content (AvgIpc) is 3.45. The van der Waals surface area contributed by atoms with Gasteiger partial charge in [-0.2, -0.15) is 0 Å². The number of nitrogens with zero attached hydrogens (tertiary/aromatic N) is 1. The molecule has 0 aromatic heterocycles. The van der Waals surface area contributed by atoms with Crippen LogP contribution in [0.1, 0.15) is 34.8 Å². The summed E-state index contributed by atoms with van der Waals surface area (Å²) in [5.74, 6) is -1.94. The summed E-state index contributed by atoms with van der Waals surface area (Å²) in [6, 6.07) is 11.8. The third kappa shape index (κ3) is 3.52. The molecule has 2 bridgehead atoms. The maximum atomic E-state index is 13.2. The molecule has 3 aliphatic rings.